The topological polar surface area (TPSA) is 43.8 Å². The molecule has 0 amide bonds. The van der Waals surface area contributed by atoms with Crippen molar-refractivity contribution in [2.24, 2.45) is 5.73 Å². The summed E-state index contributed by atoms with van der Waals surface area (Å²) >= 11 is 0. The molecule has 0 aliphatic heterocycles. The van der Waals surface area contributed by atoms with Crippen LogP contribution in [0.4, 0.5) is 0 Å². The van der Waals surface area contributed by atoms with Crippen LogP contribution in [0.2, 0.25) is 0 Å². The standard InChI is InChI=1S/C9H13N3/c1-3-8(2)9-6-11-12(7-9)5-4-10/h6-7H,1,4-5,10H2,2H3. The first kappa shape index (κ1) is 8.78. The highest BCUT2D eigenvalue weighted by molar-refractivity contribution is 5.61. The monoisotopic (exact) mass is 163 g/mol. The first-order chi connectivity index (χ1) is 5.77. The molecule has 0 spiro atoms. The van der Waals surface area contributed by atoms with Crippen molar-refractivity contribution in [1.82, 2.24) is 9.78 Å². The van der Waals surface area contributed by atoms with E-state index in [1.807, 2.05) is 17.8 Å². The molecule has 0 unspecified atom stereocenters. The highest BCUT2D eigenvalue weighted by Crippen LogP contribution is 2.09. The quantitative estimate of drug-likeness (QED) is 0.676. The number of nitrogens with zero attached hydrogens (tertiary/aromatic N) is 2. The number of hydrogen-bond acceptors (Lipinski definition) is 2. The lowest BCUT2D eigenvalue weighted by Crippen LogP contribution is -2.09. The highest BCUT2D eigenvalue weighted by atomic mass is 15.3. The second-order valence-electron chi connectivity index (χ2n) is 2.58. The van der Waals surface area contributed by atoms with E-state index in [9.17, 15) is 0 Å². The van der Waals surface area contributed by atoms with Gasteiger partial charge in [-0.15, -0.1) is 5.73 Å². The average molecular weight is 163 g/mol. The first-order valence-electron chi connectivity index (χ1n) is 3.87. The number of aromatic nitrogens is 2. The molecule has 0 saturated heterocycles. The number of rotatable bonds is 3. The Morgan fingerprint density at radius 3 is 3.17 bits per heavy atom. The van der Waals surface area contributed by atoms with Crippen LogP contribution in [-0.4, -0.2) is 16.3 Å². The fourth-order valence-electron chi connectivity index (χ4n) is 0.914. The Morgan fingerprint density at radius 1 is 1.83 bits per heavy atom. The molecule has 0 aliphatic rings. The molecule has 0 radical (unpaired) electrons. The Kier molecular flexibility index (Phi) is 2.86. The minimum atomic E-state index is 0.609. The molecule has 12 heavy (non-hydrogen) atoms. The molecule has 0 aliphatic carbocycles. The second kappa shape index (κ2) is 3.90. The molecule has 3 nitrogen and oxygen atoms in total. The number of hydrogen-bond donors (Lipinski definition) is 1. The molecular weight excluding hydrogens is 150 g/mol. The van der Waals surface area contributed by atoms with Gasteiger partial charge in [0.25, 0.3) is 0 Å². The van der Waals surface area contributed by atoms with E-state index in [0.717, 1.165) is 17.7 Å². The van der Waals surface area contributed by atoms with Crippen LogP contribution >= 0.6 is 0 Å². The van der Waals surface area contributed by atoms with Gasteiger partial charge in [-0.2, -0.15) is 5.10 Å². The molecule has 0 aromatic carbocycles. The lowest BCUT2D eigenvalue weighted by Gasteiger charge is -1.94. The van der Waals surface area contributed by atoms with Gasteiger partial charge >= 0.3 is 0 Å². The lowest BCUT2D eigenvalue weighted by atomic mass is 10.2. The summed E-state index contributed by atoms with van der Waals surface area (Å²) in [6.07, 6.45) is 3.74. The molecule has 1 aromatic heterocycles. The zero-order valence-electron chi connectivity index (χ0n) is 7.25. The van der Waals surface area contributed by atoms with Crippen molar-refractivity contribution in [2.75, 3.05) is 6.54 Å². The molecule has 0 saturated carbocycles. The Bertz CT molecular complexity index is 305. The van der Waals surface area contributed by atoms with Crippen LogP contribution in [0, 0.1) is 0 Å². The Labute approximate surface area is 72.2 Å². The van der Waals surface area contributed by atoms with Gasteiger partial charge in [-0.1, -0.05) is 6.58 Å². The van der Waals surface area contributed by atoms with E-state index in [4.69, 9.17) is 5.73 Å². The smallest absolute Gasteiger partial charge is 0.0571 e. The van der Waals surface area contributed by atoms with Gasteiger partial charge < -0.3 is 5.73 Å². The SMILES string of the molecule is C=C=C(C)c1cnn(CCN)c1. The van der Waals surface area contributed by atoms with E-state index < -0.39 is 0 Å². The number of allylic oxidation sites excluding steroid dienone is 1. The summed E-state index contributed by atoms with van der Waals surface area (Å²) < 4.78 is 1.82. The summed E-state index contributed by atoms with van der Waals surface area (Å²) in [6.45, 7) is 6.89. The molecule has 64 valence electrons. The van der Waals surface area contributed by atoms with Crippen LogP contribution < -0.4 is 5.73 Å². The van der Waals surface area contributed by atoms with Crippen molar-refractivity contribution in [3.63, 3.8) is 0 Å². The van der Waals surface area contributed by atoms with Crippen molar-refractivity contribution in [3.05, 3.63) is 30.3 Å². The molecule has 1 rings (SSSR count). The fourth-order valence-corrected chi connectivity index (χ4v) is 0.914. The highest BCUT2D eigenvalue weighted by Gasteiger charge is 1.97. The van der Waals surface area contributed by atoms with Crippen molar-refractivity contribution in [1.29, 1.82) is 0 Å². The van der Waals surface area contributed by atoms with E-state index in [1.54, 1.807) is 6.20 Å². The van der Waals surface area contributed by atoms with Crippen LogP contribution in [0.25, 0.3) is 5.57 Å². The summed E-state index contributed by atoms with van der Waals surface area (Å²) in [4.78, 5) is 0. The van der Waals surface area contributed by atoms with Crippen LogP contribution in [0.5, 0.6) is 0 Å². The van der Waals surface area contributed by atoms with Crippen molar-refractivity contribution < 1.29 is 0 Å². The van der Waals surface area contributed by atoms with Crippen molar-refractivity contribution in [3.8, 4) is 0 Å². The maximum Gasteiger partial charge on any atom is 0.0571 e. The van der Waals surface area contributed by atoms with Gasteiger partial charge in [-0.3, -0.25) is 4.68 Å². The van der Waals surface area contributed by atoms with Gasteiger partial charge in [0.1, 0.15) is 0 Å². The fraction of sp³-hybridized carbons (Fsp3) is 0.333. The minimum Gasteiger partial charge on any atom is -0.329 e. The zero-order valence-corrected chi connectivity index (χ0v) is 7.25. The lowest BCUT2D eigenvalue weighted by molar-refractivity contribution is 0.625. The molecule has 2 N–H and O–H groups in total. The van der Waals surface area contributed by atoms with Crippen LogP contribution in [0.3, 0.4) is 0 Å². The molecule has 0 atom stereocenters. The van der Waals surface area contributed by atoms with Crippen molar-refractivity contribution in [2.45, 2.75) is 13.5 Å². The first-order valence-corrected chi connectivity index (χ1v) is 3.87. The third kappa shape index (κ3) is 1.84. The van der Waals surface area contributed by atoms with E-state index >= 15 is 0 Å². The zero-order chi connectivity index (χ0) is 8.97. The van der Waals surface area contributed by atoms with Crippen molar-refractivity contribution >= 4 is 5.57 Å². The summed E-state index contributed by atoms with van der Waals surface area (Å²) in [6, 6.07) is 0. The second-order valence-corrected chi connectivity index (χ2v) is 2.58. The Hall–Kier alpha value is -1.31. The van der Waals surface area contributed by atoms with E-state index in [1.165, 1.54) is 0 Å². The molecule has 1 heterocycles. The van der Waals surface area contributed by atoms with Gasteiger partial charge in [0, 0.05) is 23.9 Å². The number of nitrogens with two attached hydrogens (primary N) is 1. The summed E-state index contributed by atoms with van der Waals surface area (Å²) in [5.74, 6) is 0. The van der Waals surface area contributed by atoms with Gasteiger partial charge in [0.2, 0.25) is 0 Å². The van der Waals surface area contributed by atoms with E-state index in [2.05, 4.69) is 17.4 Å². The van der Waals surface area contributed by atoms with Gasteiger partial charge in [-0.25, -0.2) is 0 Å². The third-order valence-corrected chi connectivity index (χ3v) is 1.69. The molecular formula is C9H13N3. The minimum absolute atomic E-state index is 0.609. The van der Waals surface area contributed by atoms with Crippen LogP contribution in [-0.2, 0) is 6.54 Å². The predicted octanol–water partition coefficient (Wildman–Crippen LogP) is 1.03. The summed E-state index contributed by atoms with van der Waals surface area (Å²) in [7, 11) is 0. The maximum absolute atomic E-state index is 5.38. The normalized spacial score (nSPS) is 9.50. The van der Waals surface area contributed by atoms with E-state index in [0.29, 0.717) is 6.54 Å². The predicted molar refractivity (Wildman–Crippen MR) is 49.5 cm³/mol. The van der Waals surface area contributed by atoms with Gasteiger partial charge in [-0.05, 0) is 6.92 Å². The molecule has 1 aromatic rings. The largest absolute Gasteiger partial charge is 0.329 e. The summed E-state index contributed by atoms with van der Waals surface area (Å²) in [5.41, 5.74) is 10.3. The summed E-state index contributed by atoms with van der Waals surface area (Å²) in [5, 5.41) is 4.12. The van der Waals surface area contributed by atoms with Gasteiger partial charge in [0.05, 0.1) is 12.7 Å². The van der Waals surface area contributed by atoms with Crippen LogP contribution in [0.1, 0.15) is 12.5 Å². The molecule has 0 bridgehead atoms. The Morgan fingerprint density at radius 2 is 2.58 bits per heavy atom. The Balaban J connectivity index is 2.84. The van der Waals surface area contributed by atoms with Crippen LogP contribution in [0.15, 0.2) is 24.7 Å². The molecule has 3 heteroatoms. The maximum atomic E-state index is 5.38. The molecule has 0 fully saturated rings. The average Bonchev–Trinajstić information content (AvgIpc) is 2.52. The van der Waals surface area contributed by atoms with Gasteiger partial charge in [0.15, 0.2) is 0 Å². The van der Waals surface area contributed by atoms with E-state index in [-0.39, 0.29) is 0 Å². The third-order valence-electron chi connectivity index (χ3n) is 1.69.